The van der Waals surface area contributed by atoms with Gasteiger partial charge < -0.3 is 4.90 Å². The van der Waals surface area contributed by atoms with Gasteiger partial charge in [0, 0.05) is 6.54 Å². The smallest absolute Gasteiger partial charge is 0.355 e. The van der Waals surface area contributed by atoms with Crippen molar-refractivity contribution in [2.45, 2.75) is 25.1 Å². The van der Waals surface area contributed by atoms with Crippen LogP contribution in [0, 0.1) is 0 Å². The summed E-state index contributed by atoms with van der Waals surface area (Å²) in [7, 11) is 0. The van der Waals surface area contributed by atoms with Gasteiger partial charge in [-0.1, -0.05) is 0 Å². The van der Waals surface area contributed by atoms with Gasteiger partial charge in [0.1, 0.15) is 0 Å². The van der Waals surface area contributed by atoms with E-state index in [0.29, 0.717) is 0 Å². The Hall–Kier alpha value is -0.880. The largest absolute Gasteiger partial charge is 0.391 e. The SMILES string of the molecule is FC(F)CN1C=NC(CC(F)(F)F)C1. The van der Waals surface area contributed by atoms with Crippen LogP contribution in [0.4, 0.5) is 22.0 Å². The van der Waals surface area contributed by atoms with Crippen LogP contribution in [-0.2, 0) is 0 Å². The standard InChI is InChI=1S/C7H9F5N2/c8-6(9)3-14-2-5(13-4-14)1-7(10,11)12/h4-6H,1-3H2. The zero-order chi connectivity index (χ0) is 10.8. The lowest BCUT2D eigenvalue weighted by molar-refractivity contribution is -0.137. The van der Waals surface area contributed by atoms with Gasteiger partial charge in [-0.3, -0.25) is 4.99 Å². The summed E-state index contributed by atoms with van der Waals surface area (Å²) in [4.78, 5) is 4.60. The van der Waals surface area contributed by atoms with Gasteiger partial charge in [-0.25, -0.2) is 8.78 Å². The van der Waals surface area contributed by atoms with Crippen molar-refractivity contribution in [1.82, 2.24) is 4.90 Å². The minimum atomic E-state index is -4.29. The van der Waals surface area contributed by atoms with E-state index in [0.717, 1.165) is 11.2 Å². The second-order valence-corrected chi connectivity index (χ2v) is 3.08. The van der Waals surface area contributed by atoms with Gasteiger partial charge in [-0.15, -0.1) is 0 Å². The molecule has 82 valence electrons. The summed E-state index contributed by atoms with van der Waals surface area (Å²) in [5.74, 6) is 0. The van der Waals surface area contributed by atoms with E-state index in [9.17, 15) is 22.0 Å². The Labute approximate surface area is 77.4 Å². The third-order valence-corrected chi connectivity index (χ3v) is 1.73. The van der Waals surface area contributed by atoms with E-state index in [1.54, 1.807) is 0 Å². The Balaban J connectivity index is 2.32. The van der Waals surface area contributed by atoms with Gasteiger partial charge in [-0.2, -0.15) is 13.2 Å². The number of hydrogen-bond acceptors (Lipinski definition) is 2. The lowest BCUT2D eigenvalue weighted by atomic mass is 10.2. The normalized spacial score (nSPS) is 22.4. The Morgan fingerprint density at radius 3 is 2.57 bits per heavy atom. The summed E-state index contributed by atoms with van der Waals surface area (Å²) >= 11 is 0. The van der Waals surface area contributed by atoms with E-state index < -0.39 is 31.6 Å². The first kappa shape index (κ1) is 11.2. The summed E-state index contributed by atoms with van der Waals surface area (Å²) < 4.78 is 59.2. The molecule has 1 rings (SSSR count). The van der Waals surface area contributed by atoms with Gasteiger partial charge in [0.2, 0.25) is 0 Å². The highest BCUT2D eigenvalue weighted by atomic mass is 19.4. The van der Waals surface area contributed by atoms with Crippen LogP contribution in [0.25, 0.3) is 0 Å². The number of hydrogen-bond donors (Lipinski definition) is 0. The predicted octanol–water partition coefficient (Wildman–Crippen LogP) is 1.92. The van der Waals surface area contributed by atoms with Crippen LogP contribution in [0.3, 0.4) is 0 Å². The van der Waals surface area contributed by atoms with Crippen molar-refractivity contribution < 1.29 is 22.0 Å². The number of alkyl halides is 5. The average Bonchev–Trinajstić information content (AvgIpc) is 2.30. The van der Waals surface area contributed by atoms with E-state index >= 15 is 0 Å². The maximum atomic E-state index is 11.9. The fourth-order valence-corrected chi connectivity index (χ4v) is 1.24. The van der Waals surface area contributed by atoms with Crippen LogP contribution in [0.5, 0.6) is 0 Å². The molecule has 1 aliphatic rings. The van der Waals surface area contributed by atoms with E-state index in [2.05, 4.69) is 4.99 Å². The first-order chi connectivity index (χ1) is 6.37. The van der Waals surface area contributed by atoms with Crippen LogP contribution in [0.1, 0.15) is 6.42 Å². The molecule has 1 unspecified atom stereocenters. The second kappa shape index (κ2) is 4.10. The van der Waals surface area contributed by atoms with Gasteiger partial charge in [0.15, 0.2) is 0 Å². The fraction of sp³-hybridized carbons (Fsp3) is 0.857. The quantitative estimate of drug-likeness (QED) is 0.658. The van der Waals surface area contributed by atoms with E-state index in [4.69, 9.17) is 0 Å². The Kier molecular flexibility index (Phi) is 3.28. The first-order valence-corrected chi connectivity index (χ1v) is 3.99. The van der Waals surface area contributed by atoms with Crippen LogP contribution < -0.4 is 0 Å². The average molecular weight is 216 g/mol. The molecule has 0 aromatic carbocycles. The maximum absolute atomic E-state index is 11.9. The summed E-state index contributed by atoms with van der Waals surface area (Å²) in [6.07, 6.45) is -6.83. The Morgan fingerprint density at radius 1 is 1.43 bits per heavy atom. The Bertz CT molecular complexity index is 213. The Morgan fingerprint density at radius 2 is 2.07 bits per heavy atom. The molecule has 0 aromatic heterocycles. The fourth-order valence-electron chi connectivity index (χ4n) is 1.24. The van der Waals surface area contributed by atoms with Crippen molar-refractivity contribution in [2.75, 3.05) is 13.1 Å². The molecule has 0 aromatic rings. The second-order valence-electron chi connectivity index (χ2n) is 3.08. The highest BCUT2D eigenvalue weighted by molar-refractivity contribution is 5.57. The van der Waals surface area contributed by atoms with E-state index in [1.165, 1.54) is 0 Å². The van der Waals surface area contributed by atoms with E-state index in [1.807, 2.05) is 0 Å². The van der Waals surface area contributed by atoms with Crippen LogP contribution in [-0.4, -0.2) is 43.0 Å². The molecule has 0 radical (unpaired) electrons. The van der Waals surface area contributed by atoms with Crippen LogP contribution in [0.2, 0.25) is 0 Å². The number of nitrogens with zero attached hydrogens (tertiary/aromatic N) is 2. The molecule has 1 heterocycles. The number of rotatable bonds is 3. The summed E-state index contributed by atoms with van der Waals surface area (Å²) in [5.41, 5.74) is 0. The minimum absolute atomic E-state index is 0.0795. The summed E-state index contributed by atoms with van der Waals surface area (Å²) in [5, 5.41) is 0. The third-order valence-electron chi connectivity index (χ3n) is 1.73. The minimum Gasteiger partial charge on any atom is -0.355 e. The number of aliphatic imine (C=N–C) groups is 1. The lowest BCUT2D eigenvalue weighted by Gasteiger charge is -2.16. The molecular formula is C7H9F5N2. The molecule has 1 aliphatic heterocycles. The molecule has 14 heavy (non-hydrogen) atoms. The molecule has 1 atom stereocenters. The highest BCUT2D eigenvalue weighted by Gasteiger charge is 2.34. The van der Waals surface area contributed by atoms with Crippen molar-refractivity contribution in [3.63, 3.8) is 0 Å². The molecule has 0 saturated carbocycles. The molecule has 0 bridgehead atoms. The van der Waals surface area contributed by atoms with Crippen molar-refractivity contribution >= 4 is 6.34 Å². The van der Waals surface area contributed by atoms with Gasteiger partial charge in [-0.05, 0) is 0 Å². The van der Waals surface area contributed by atoms with Crippen LogP contribution >= 0.6 is 0 Å². The predicted molar refractivity (Wildman–Crippen MR) is 40.5 cm³/mol. The van der Waals surface area contributed by atoms with Crippen molar-refractivity contribution in [1.29, 1.82) is 0 Å². The van der Waals surface area contributed by atoms with Crippen molar-refractivity contribution in [3.8, 4) is 0 Å². The highest BCUT2D eigenvalue weighted by Crippen LogP contribution is 2.24. The molecule has 0 saturated heterocycles. The molecule has 0 N–H and O–H groups in total. The van der Waals surface area contributed by atoms with Gasteiger partial charge >= 0.3 is 6.18 Å². The molecule has 0 fully saturated rings. The molecule has 0 spiro atoms. The van der Waals surface area contributed by atoms with Gasteiger partial charge in [0.25, 0.3) is 6.43 Å². The molecule has 7 heteroatoms. The maximum Gasteiger partial charge on any atom is 0.391 e. The topological polar surface area (TPSA) is 15.6 Å². The zero-order valence-electron chi connectivity index (χ0n) is 7.14. The van der Waals surface area contributed by atoms with Gasteiger partial charge in [0.05, 0.1) is 25.3 Å². The van der Waals surface area contributed by atoms with E-state index in [-0.39, 0.29) is 6.54 Å². The molecule has 0 amide bonds. The summed E-state index contributed by atoms with van der Waals surface area (Å²) in [6.45, 7) is -0.637. The number of halogens is 5. The third kappa shape index (κ3) is 3.89. The monoisotopic (exact) mass is 216 g/mol. The summed E-state index contributed by atoms with van der Waals surface area (Å²) in [6, 6.07) is -0.936. The zero-order valence-corrected chi connectivity index (χ0v) is 7.14. The molecule has 0 aliphatic carbocycles. The lowest BCUT2D eigenvalue weighted by Crippen LogP contribution is -2.30. The van der Waals surface area contributed by atoms with Crippen molar-refractivity contribution in [2.24, 2.45) is 4.99 Å². The van der Waals surface area contributed by atoms with Crippen LogP contribution in [0.15, 0.2) is 4.99 Å². The first-order valence-electron chi connectivity index (χ1n) is 3.99. The molecule has 2 nitrogen and oxygen atoms in total. The van der Waals surface area contributed by atoms with Crippen molar-refractivity contribution in [3.05, 3.63) is 0 Å². The molecular weight excluding hydrogens is 207 g/mol.